The van der Waals surface area contributed by atoms with Crippen LogP contribution in [0.3, 0.4) is 0 Å². The maximum atomic E-state index is 13.6. The van der Waals surface area contributed by atoms with Crippen LogP contribution in [0.4, 0.5) is 4.39 Å². The second-order valence-corrected chi connectivity index (χ2v) is 8.23. The summed E-state index contributed by atoms with van der Waals surface area (Å²) in [6.07, 6.45) is 1.45. The largest absolute Gasteiger partial charge is 0.351 e. The first-order valence-electron chi connectivity index (χ1n) is 5.15. The van der Waals surface area contributed by atoms with Crippen molar-refractivity contribution in [3.8, 4) is 0 Å². The summed E-state index contributed by atoms with van der Waals surface area (Å²) in [5, 5.41) is 1.90. The molecule has 5 nitrogen and oxygen atoms in total. The van der Waals surface area contributed by atoms with Crippen LogP contribution in [-0.2, 0) is 19.9 Å². The second kappa shape index (κ2) is 6.84. The average molecular weight is 362 g/mol. The molecule has 1 unspecified atom stereocenters. The van der Waals surface area contributed by atoms with Gasteiger partial charge >= 0.3 is 0 Å². The van der Waals surface area contributed by atoms with Crippen molar-refractivity contribution in [2.75, 3.05) is 18.6 Å². The minimum Gasteiger partial charge on any atom is -0.351 e. The van der Waals surface area contributed by atoms with Crippen molar-refractivity contribution in [1.82, 2.24) is 5.32 Å². The topological polar surface area (TPSA) is 80.3 Å². The van der Waals surface area contributed by atoms with E-state index in [1.165, 1.54) is 6.26 Å². The minimum absolute atomic E-state index is 0.0625. The summed E-state index contributed by atoms with van der Waals surface area (Å²) in [6.45, 7) is 0.0625. The Kier molecular flexibility index (Phi) is 5.93. The molecule has 10 heteroatoms. The molecule has 1 atom stereocenters. The Hall–Kier alpha value is -0.700. The lowest BCUT2D eigenvalue weighted by atomic mass is 10.2. The summed E-state index contributed by atoms with van der Waals surface area (Å²) in [5.41, 5.74) is -0.504. The predicted molar refractivity (Wildman–Crippen MR) is 75.7 cm³/mol. The minimum atomic E-state index is -4.20. The van der Waals surface area contributed by atoms with Crippen LogP contribution in [0.25, 0.3) is 0 Å². The van der Waals surface area contributed by atoms with E-state index in [-0.39, 0.29) is 12.3 Å². The van der Waals surface area contributed by atoms with Crippen molar-refractivity contribution in [2.24, 2.45) is 0 Å². The fraction of sp³-hybridized carbons (Fsp3) is 0.300. The van der Waals surface area contributed by atoms with Crippen LogP contribution in [0.5, 0.6) is 0 Å². The molecule has 0 aliphatic heterocycles. The third-order valence-corrected chi connectivity index (χ3v) is 4.77. The molecule has 1 N–H and O–H groups in total. The lowest BCUT2D eigenvalue weighted by Crippen LogP contribution is -2.28. The van der Waals surface area contributed by atoms with E-state index in [1.807, 2.05) is 0 Å². The Morgan fingerprint density at radius 3 is 2.55 bits per heavy atom. The van der Waals surface area contributed by atoms with Crippen molar-refractivity contribution in [1.29, 1.82) is 0 Å². The van der Waals surface area contributed by atoms with Crippen molar-refractivity contribution in [2.45, 2.75) is 4.90 Å². The van der Waals surface area contributed by atoms with Gasteiger partial charge in [-0.05, 0) is 12.1 Å². The van der Waals surface area contributed by atoms with Gasteiger partial charge in [0.1, 0.15) is 10.7 Å². The highest BCUT2D eigenvalue weighted by molar-refractivity contribution is 8.13. The zero-order chi connectivity index (χ0) is 15.5. The lowest BCUT2D eigenvalue weighted by Gasteiger charge is -2.08. The van der Waals surface area contributed by atoms with Crippen molar-refractivity contribution >= 4 is 48.0 Å². The second-order valence-electron chi connectivity index (χ2n) is 3.73. The molecule has 0 aromatic heterocycles. The van der Waals surface area contributed by atoms with Gasteiger partial charge in [0.2, 0.25) is 0 Å². The zero-order valence-electron chi connectivity index (χ0n) is 10.2. The SMILES string of the molecule is CS(=O)CCNC(=O)c1cc(S(=O)(=O)Cl)c(Cl)cc1F. The van der Waals surface area contributed by atoms with Gasteiger partial charge < -0.3 is 5.32 Å². The molecule has 0 bridgehead atoms. The average Bonchev–Trinajstić information content (AvgIpc) is 2.26. The molecule has 112 valence electrons. The van der Waals surface area contributed by atoms with Gasteiger partial charge in [0.25, 0.3) is 15.0 Å². The maximum Gasteiger partial charge on any atom is 0.262 e. The lowest BCUT2D eigenvalue weighted by molar-refractivity contribution is 0.0952. The molecule has 1 amide bonds. The van der Waals surface area contributed by atoms with Crippen molar-refractivity contribution < 1.29 is 21.8 Å². The number of hydrogen-bond acceptors (Lipinski definition) is 4. The van der Waals surface area contributed by atoms with Crippen LogP contribution >= 0.6 is 22.3 Å². The van der Waals surface area contributed by atoms with Gasteiger partial charge in [-0.3, -0.25) is 9.00 Å². The van der Waals surface area contributed by atoms with Crippen LogP contribution in [0.2, 0.25) is 5.02 Å². The number of nitrogens with one attached hydrogen (secondary N) is 1. The third-order valence-electron chi connectivity index (χ3n) is 2.20. The number of halogens is 3. The molecule has 0 saturated carbocycles. The van der Waals surface area contributed by atoms with E-state index in [0.29, 0.717) is 6.07 Å². The van der Waals surface area contributed by atoms with Crippen molar-refractivity contribution in [3.63, 3.8) is 0 Å². The fourth-order valence-electron chi connectivity index (χ4n) is 1.29. The molecule has 1 rings (SSSR count). The van der Waals surface area contributed by atoms with E-state index in [0.717, 1.165) is 6.07 Å². The number of benzene rings is 1. The summed E-state index contributed by atoms with van der Waals surface area (Å²) < 4.78 is 46.9. The predicted octanol–water partition coefficient (Wildman–Crippen LogP) is 1.51. The molecule has 0 aliphatic rings. The number of carbonyl (C=O) groups is 1. The molecule has 20 heavy (non-hydrogen) atoms. The van der Waals surface area contributed by atoms with E-state index < -0.39 is 47.1 Å². The van der Waals surface area contributed by atoms with Gasteiger partial charge in [0.15, 0.2) is 0 Å². The van der Waals surface area contributed by atoms with E-state index >= 15 is 0 Å². The summed E-state index contributed by atoms with van der Waals surface area (Å²) >= 11 is 5.56. The molecule has 1 aromatic rings. The standard InChI is InChI=1S/C10H10Cl2FNO4S2/c1-19(16)3-2-14-10(15)6-4-9(20(12,17)18)7(11)5-8(6)13/h4-5H,2-3H2,1H3,(H,14,15). The van der Waals surface area contributed by atoms with E-state index in [9.17, 15) is 21.8 Å². The first-order valence-corrected chi connectivity index (χ1v) is 9.56. The number of hydrogen-bond donors (Lipinski definition) is 1. The molecule has 0 saturated heterocycles. The number of amides is 1. The highest BCUT2D eigenvalue weighted by atomic mass is 35.7. The molecule has 0 fully saturated rings. The first kappa shape index (κ1) is 17.4. The van der Waals surface area contributed by atoms with Gasteiger partial charge in [0.05, 0.1) is 10.6 Å². The highest BCUT2D eigenvalue weighted by Gasteiger charge is 2.21. The van der Waals surface area contributed by atoms with Crippen LogP contribution in [0.15, 0.2) is 17.0 Å². The van der Waals surface area contributed by atoms with Gasteiger partial charge in [0, 0.05) is 40.0 Å². The number of carbonyl (C=O) groups excluding carboxylic acids is 1. The Morgan fingerprint density at radius 2 is 2.05 bits per heavy atom. The van der Waals surface area contributed by atoms with Crippen LogP contribution < -0.4 is 5.32 Å². The third kappa shape index (κ3) is 4.69. The van der Waals surface area contributed by atoms with E-state index in [2.05, 4.69) is 5.32 Å². The fourth-order valence-corrected chi connectivity index (χ4v) is 3.19. The molecular weight excluding hydrogens is 352 g/mol. The van der Waals surface area contributed by atoms with Crippen molar-refractivity contribution in [3.05, 3.63) is 28.5 Å². The molecule has 0 aliphatic carbocycles. The quantitative estimate of drug-likeness (QED) is 0.806. The number of rotatable bonds is 5. The van der Waals surface area contributed by atoms with Gasteiger partial charge in [-0.2, -0.15) is 0 Å². The van der Waals surface area contributed by atoms with E-state index in [4.69, 9.17) is 22.3 Å². The summed E-state index contributed by atoms with van der Waals surface area (Å²) in [5.74, 6) is -1.62. The molecular formula is C10H10Cl2FNO4S2. The first-order chi connectivity index (χ1) is 9.12. The monoisotopic (exact) mass is 361 g/mol. The highest BCUT2D eigenvalue weighted by Crippen LogP contribution is 2.27. The van der Waals surface area contributed by atoms with Gasteiger partial charge in [-0.15, -0.1) is 0 Å². The van der Waals surface area contributed by atoms with Gasteiger partial charge in [-0.25, -0.2) is 12.8 Å². The van der Waals surface area contributed by atoms with Gasteiger partial charge in [-0.1, -0.05) is 11.6 Å². The maximum absolute atomic E-state index is 13.6. The Labute approximate surface area is 127 Å². The Morgan fingerprint density at radius 1 is 1.45 bits per heavy atom. The summed E-state index contributed by atoms with van der Waals surface area (Å²) in [6, 6.07) is 1.46. The normalized spacial score (nSPS) is 13.0. The molecule has 0 spiro atoms. The molecule has 0 radical (unpaired) electrons. The smallest absolute Gasteiger partial charge is 0.262 e. The van der Waals surface area contributed by atoms with Crippen LogP contribution in [-0.4, -0.2) is 37.1 Å². The summed E-state index contributed by atoms with van der Waals surface area (Å²) in [7, 11) is -0.176. The van der Waals surface area contributed by atoms with E-state index in [1.54, 1.807) is 0 Å². The zero-order valence-corrected chi connectivity index (χ0v) is 13.3. The summed E-state index contributed by atoms with van der Waals surface area (Å²) in [4.78, 5) is 11.2. The molecule has 1 aromatic carbocycles. The van der Waals surface area contributed by atoms with Crippen LogP contribution in [0.1, 0.15) is 10.4 Å². The Balaban J connectivity index is 3.06. The van der Waals surface area contributed by atoms with Crippen LogP contribution in [0, 0.1) is 5.82 Å². The Bertz CT molecular complexity index is 663. The molecule has 0 heterocycles.